The van der Waals surface area contributed by atoms with Gasteiger partial charge in [0.05, 0.1) is 32.4 Å². The van der Waals surface area contributed by atoms with Crippen LogP contribution in [0.3, 0.4) is 0 Å². The maximum atomic E-state index is 14.0. The van der Waals surface area contributed by atoms with Gasteiger partial charge in [-0.05, 0) is 65.9 Å². The third-order valence-corrected chi connectivity index (χ3v) is 7.82. The Labute approximate surface area is 253 Å². The lowest BCUT2D eigenvalue weighted by molar-refractivity contribution is -0.908. The van der Waals surface area contributed by atoms with Crippen molar-refractivity contribution in [1.29, 1.82) is 0 Å². The molecule has 8 nitrogen and oxygen atoms in total. The molecule has 3 aromatic rings. The Kier molecular flexibility index (Phi) is 9.79. The Morgan fingerprint density at radius 3 is 2.47 bits per heavy atom. The normalized spacial score (nSPS) is 18.8. The minimum atomic E-state index is -0.816. The number of hydrogen-bond donors (Lipinski definition) is 1. The van der Waals surface area contributed by atoms with Crippen molar-refractivity contribution in [2.45, 2.75) is 33.2 Å². The monoisotopic (exact) mass is 584 g/mol. The number of carbonyl (C=O) groups is 2. The second-order valence-corrected chi connectivity index (χ2v) is 11.6. The first kappa shape index (κ1) is 30.3. The number of para-hydroxylation sites is 1. The number of nitrogens with one attached hydrogen (secondary N) is 1. The summed E-state index contributed by atoms with van der Waals surface area (Å²) in [5, 5.41) is 14.0. The number of rotatable bonds is 11. The summed E-state index contributed by atoms with van der Waals surface area (Å²) in [7, 11) is 0. The van der Waals surface area contributed by atoms with E-state index in [0.29, 0.717) is 53.9 Å². The van der Waals surface area contributed by atoms with Crippen molar-refractivity contribution >= 4 is 17.4 Å². The number of amides is 1. The molecular formula is C35H40N2O6. The van der Waals surface area contributed by atoms with Gasteiger partial charge in [0, 0.05) is 18.5 Å². The molecule has 5 rings (SSSR count). The van der Waals surface area contributed by atoms with Crippen LogP contribution in [0.2, 0.25) is 0 Å². The summed E-state index contributed by atoms with van der Waals surface area (Å²) in [4.78, 5) is 30.0. The maximum absolute atomic E-state index is 14.0. The number of aryl methyl sites for hydroxylation is 1. The highest BCUT2D eigenvalue weighted by molar-refractivity contribution is 6.46. The first-order valence-corrected chi connectivity index (χ1v) is 15.1. The van der Waals surface area contributed by atoms with Crippen LogP contribution in [0.4, 0.5) is 0 Å². The fourth-order valence-corrected chi connectivity index (χ4v) is 5.59. The van der Waals surface area contributed by atoms with Gasteiger partial charge in [0.25, 0.3) is 5.91 Å². The fraction of sp³-hybridized carbons (Fsp3) is 0.371. The second kappa shape index (κ2) is 13.9. The van der Waals surface area contributed by atoms with E-state index in [9.17, 15) is 14.7 Å². The highest BCUT2D eigenvalue weighted by atomic mass is 16.5. The van der Waals surface area contributed by atoms with Crippen LogP contribution in [0.1, 0.15) is 43.0 Å². The number of quaternary nitrogens is 1. The van der Waals surface area contributed by atoms with Gasteiger partial charge in [0.1, 0.15) is 30.3 Å². The maximum Gasteiger partial charge on any atom is 0.295 e. The van der Waals surface area contributed by atoms with Gasteiger partial charge in [0.15, 0.2) is 0 Å². The zero-order chi connectivity index (χ0) is 30.3. The number of carbonyl (C=O) groups excluding carboxylic acids is 2. The van der Waals surface area contributed by atoms with Crippen molar-refractivity contribution in [2.75, 3.05) is 46.0 Å². The lowest BCUT2D eigenvalue weighted by Gasteiger charge is -2.29. The first-order valence-electron chi connectivity index (χ1n) is 15.1. The number of morpholine rings is 1. The van der Waals surface area contributed by atoms with E-state index in [1.54, 1.807) is 23.1 Å². The zero-order valence-corrected chi connectivity index (χ0v) is 25.1. The summed E-state index contributed by atoms with van der Waals surface area (Å²) in [5.74, 6) is 0.434. The molecule has 1 unspecified atom stereocenters. The minimum Gasteiger partial charge on any atom is -0.872 e. The molecule has 0 aromatic heterocycles. The molecule has 1 amide bonds. The predicted molar refractivity (Wildman–Crippen MR) is 162 cm³/mol. The van der Waals surface area contributed by atoms with E-state index < -0.39 is 23.5 Å². The van der Waals surface area contributed by atoms with Crippen molar-refractivity contribution in [2.24, 2.45) is 5.92 Å². The van der Waals surface area contributed by atoms with Crippen molar-refractivity contribution in [3.8, 4) is 17.2 Å². The Morgan fingerprint density at radius 2 is 1.74 bits per heavy atom. The molecule has 3 aromatic carbocycles. The van der Waals surface area contributed by atoms with Gasteiger partial charge in [-0.2, -0.15) is 0 Å². The van der Waals surface area contributed by atoms with E-state index in [1.807, 2.05) is 61.5 Å². The molecule has 0 aliphatic carbocycles. The molecule has 0 saturated carbocycles. The van der Waals surface area contributed by atoms with E-state index in [2.05, 4.69) is 13.8 Å². The SMILES string of the molecule is Cc1cc(C([O-])=C2C(=O)C(=O)N(CCC[NH+]3CCOCC3)C2c2cccc(Oc3ccccc3)c2)ccc1OCC(C)C. The van der Waals surface area contributed by atoms with E-state index in [-0.39, 0.29) is 5.57 Å². The molecule has 2 aliphatic heterocycles. The van der Waals surface area contributed by atoms with E-state index >= 15 is 0 Å². The van der Waals surface area contributed by atoms with Gasteiger partial charge < -0.3 is 29.1 Å². The lowest BCUT2D eigenvalue weighted by atomic mass is 9.94. The molecule has 0 radical (unpaired) electrons. The topological polar surface area (TPSA) is 92.6 Å². The molecule has 2 heterocycles. The van der Waals surface area contributed by atoms with E-state index in [4.69, 9.17) is 14.2 Å². The third kappa shape index (κ3) is 7.27. The first-order chi connectivity index (χ1) is 20.8. The fourth-order valence-electron chi connectivity index (χ4n) is 5.59. The number of Topliss-reactive ketones (excluding diaryl/α,β-unsaturated/α-hetero) is 1. The summed E-state index contributed by atoms with van der Waals surface area (Å²) in [6.45, 7) is 11.1. The van der Waals surface area contributed by atoms with Crippen LogP contribution in [-0.2, 0) is 14.3 Å². The molecule has 2 fully saturated rings. The van der Waals surface area contributed by atoms with E-state index in [1.165, 1.54) is 4.90 Å². The van der Waals surface area contributed by atoms with E-state index in [0.717, 1.165) is 38.4 Å². The third-order valence-electron chi connectivity index (χ3n) is 7.82. The molecule has 43 heavy (non-hydrogen) atoms. The quantitative estimate of drug-likeness (QED) is 0.211. The smallest absolute Gasteiger partial charge is 0.295 e. The van der Waals surface area contributed by atoms with Gasteiger partial charge >= 0.3 is 0 Å². The number of ether oxygens (including phenoxy) is 3. The number of ketones is 1. The molecule has 8 heteroatoms. The molecule has 226 valence electrons. The van der Waals surface area contributed by atoms with Crippen molar-refractivity contribution in [3.05, 3.63) is 95.1 Å². The number of benzene rings is 3. The Hall–Kier alpha value is -4.14. The van der Waals surface area contributed by atoms with Crippen LogP contribution in [0.25, 0.3) is 5.76 Å². The molecule has 1 N–H and O–H groups in total. The highest BCUT2D eigenvalue weighted by Crippen LogP contribution is 2.40. The van der Waals surface area contributed by atoms with Crippen molar-refractivity contribution < 1.29 is 33.8 Å². The number of likely N-dealkylation sites (tertiary alicyclic amines) is 1. The molecule has 2 aliphatic rings. The summed E-state index contributed by atoms with van der Waals surface area (Å²) < 4.78 is 17.4. The standard InChI is InChI=1S/C35H40N2O6/c1-24(2)23-42-30-14-13-27(21-25(30)3)33(38)31-32(26-9-7-12-29(22-26)43-28-10-5-4-6-11-28)37(35(40)34(31)39)16-8-15-36-17-19-41-20-18-36/h4-7,9-14,21-22,24,32,38H,8,15-20,23H2,1-3H3. The summed E-state index contributed by atoms with van der Waals surface area (Å²) in [5.41, 5.74) is 1.77. The highest BCUT2D eigenvalue weighted by Gasteiger charge is 2.44. The Balaban J connectivity index is 1.49. The van der Waals surface area contributed by atoms with Crippen molar-refractivity contribution in [3.63, 3.8) is 0 Å². The average Bonchev–Trinajstić information content (AvgIpc) is 3.26. The van der Waals surface area contributed by atoms with Gasteiger partial charge in [0.2, 0.25) is 5.78 Å². The largest absolute Gasteiger partial charge is 0.872 e. The number of hydrogen-bond acceptors (Lipinski definition) is 6. The lowest BCUT2D eigenvalue weighted by Crippen LogP contribution is -3.14. The van der Waals surface area contributed by atoms with Crippen LogP contribution in [0.5, 0.6) is 17.2 Å². The van der Waals surface area contributed by atoms with Crippen LogP contribution in [0.15, 0.2) is 78.4 Å². The van der Waals surface area contributed by atoms with Gasteiger partial charge in [-0.15, -0.1) is 0 Å². The predicted octanol–water partition coefficient (Wildman–Crippen LogP) is 3.35. The van der Waals surface area contributed by atoms with Crippen LogP contribution in [0, 0.1) is 12.8 Å². The van der Waals surface area contributed by atoms with Gasteiger partial charge in [-0.25, -0.2) is 0 Å². The molecule has 0 spiro atoms. The summed E-state index contributed by atoms with van der Waals surface area (Å²) in [6.07, 6.45) is 0.702. The Morgan fingerprint density at radius 1 is 1.00 bits per heavy atom. The molecule has 0 bridgehead atoms. The average molecular weight is 585 g/mol. The van der Waals surface area contributed by atoms with Crippen LogP contribution in [-0.4, -0.2) is 62.6 Å². The molecule has 2 saturated heterocycles. The van der Waals surface area contributed by atoms with Gasteiger partial charge in [-0.3, -0.25) is 9.59 Å². The number of nitrogens with zero attached hydrogens (tertiary/aromatic N) is 1. The second-order valence-electron chi connectivity index (χ2n) is 11.6. The summed E-state index contributed by atoms with van der Waals surface area (Å²) >= 11 is 0. The van der Waals surface area contributed by atoms with Crippen LogP contribution < -0.4 is 19.5 Å². The van der Waals surface area contributed by atoms with Crippen LogP contribution >= 0.6 is 0 Å². The molecular weight excluding hydrogens is 544 g/mol. The van der Waals surface area contributed by atoms with Gasteiger partial charge in [-0.1, -0.05) is 56.0 Å². The van der Waals surface area contributed by atoms with Crippen molar-refractivity contribution in [1.82, 2.24) is 4.90 Å². The molecule has 1 atom stereocenters. The minimum absolute atomic E-state index is 0.0316. The summed E-state index contributed by atoms with van der Waals surface area (Å²) in [6, 6.07) is 21.0. The zero-order valence-electron chi connectivity index (χ0n) is 25.1. The Bertz CT molecular complexity index is 1460.